The molecule has 0 radical (unpaired) electrons. The number of carbonyl (C=O) groups is 1. The number of hydrogen-bond donors (Lipinski definition) is 1. The lowest BCUT2D eigenvalue weighted by Crippen LogP contribution is -2.53. The molecule has 2 heterocycles. The van der Waals surface area contributed by atoms with Gasteiger partial charge in [-0.1, -0.05) is 6.92 Å². The van der Waals surface area contributed by atoms with Gasteiger partial charge in [0, 0.05) is 32.1 Å². The van der Waals surface area contributed by atoms with Crippen molar-refractivity contribution in [1.29, 1.82) is 0 Å². The summed E-state index contributed by atoms with van der Waals surface area (Å²) in [7, 11) is 3.25. The van der Waals surface area contributed by atoms with Gasteiger partial charge in [0.1, 0.15) is 0 Å². The minimum atomic E-state index is -0.0910. The fourth-order valence-corrected chi connectivity index (χ4v) is 2.67. The SMILES string of the molecule is CN=C(NCC1(C)COC1)N1CCC(C(=O)OC)CC1. The maximum Gasteiger partial charge on any atom is 0.308 e. The molecule has 0 unspecified atom stereocenters. The van der Waals surface area contributed by atoms with E-state index in [9.17, 15) is 4.79 Å². The van der Waals surface area contributed by atoms with E-state index in [2.05, 4.69) is 22.1 Å². The van der Waals surface area contributed by atoms with Crippen molar-refractivity contribution in [2.24, 2.45) is 16.3 Å². The number of piperidine rings is 1. The number of hydrogen-bond acceptors (Lipinski definition) is 4. The van der Waals surface area contributed by atoms with Crippen LogP contribution in [0.3, 0.4) is 0 Å². The number of esters is 1. The molecule has 0 atom stereocenters. The zero-order chi connectivity index (χ0) is 14.6. The minimum absolute atomic E-state index is 0.0342. The molecule has 0 aromatic heterocycles. The first-order chi connectivity index (χ1) is 9.58. The lowest BCUT2D eigenvalue weighted by atomic mass is 9.89. The van der Waals surface area contributed by atoms with Crippen molar-refractivity contribution >= 4 is 11.9 Å². The van der Waals surface area contributed by atoms with Gasteiger partial charge in [-0.2, -0.15) is 0 Å². The Morgan fingerprint density at radius 1 is 1.45 bits per heavy atom. The summed E-state index contributed by atoms with van der Waals surface area (Å²) < 4.78 is 10.1. The maximum atomic E-state index is 11.5. The standard InChI is InChI=1S/C14H25N3O3/c1-14(9-20-10-14)8-16-13(15-2)17-6-4-11(5-7-17)12(18)19-3/h11H,4-10H2,1-3H3,(H,15,16). The van der Waals surface area contributed by atoms with Crippen molar-refractivity contribution < 1.29 is 14.3 Å². The number of methoxy groups -OCH3 is 1. The lowest BCUT2D eigenvalue weighted by Gasteiger charge is -2.40. The molecule has 2 aliphatic rings. The molecule has 6 nitrogen and oxygen atoms in total. The normalized spacial score (nSPS) is 23.1. The number of guanidine groups is 1. The number of likely N-dealkylation sites (tertiary alicyclic amines) is 1. The molecule has 2 saturated heterocycles. The first kappa shape index (κ1) is 15.1. The van der Waals surface area contributed by atoms with Gasteiger partial charge >= 0.3 is 5.97 Å². The molecule has 6 heteroatoms. The van der Waals surface area contributed by atoms with Gasteiger partial charge in [0.15, 0.2) is 5.96 Å². The zero-order valence-corrected chi connectivity index (χ0v) is 12.6. The van der Waals surface area contributed by atoms with Gasteiger partial charge < -0.3 is 19.7 Å². The smallest absolute Gasteiger partial charge is 0.308 e. The molecule has 20 heavy (non-hydrogen) atoms. The average molecular weight is 283 g/mol. The Kier molecular flexibility index (Phi) is 4.86. The van der Waals surface area contributed by atoms with Crippen LogP contribution in [0.15, 0.2) is 4.99 Å². The van der Waals surface area contributed by atoms with E-state index >= 15 is 0 Å². The number of ether oxygens (including phenoxy) is 2. The Morgan fingerprint density at radius 3 is 2.55 bits per heavy atom. The van der Waals surface area contributed by atoms with Gasteiger partial charge in [0.2, 0.25) is 0 Å². The molecule has 0 aliphatic carbocycles. The summed E-state index contributed by atoms with van der Waals surface area (Å²) in [6.07, 6.45) is 1.65. The molecule has 0 aromatic carbocycles. The van der Waals surface area contributed by atoms with Crippen LogP contribution in [-0.2, 0) is 14.3 Å². The van der Waals surface area contributed by atoms with Crippen molar-refractivity contribution in [3.8, 4) is 0 Å². The topological polar surface area (TPSA) is 63.2 Å². The number of rotatable bonds is 3. The Morgan fingerprint density at radius 2 is 2.10 bits per heavy atom. The number of nitrogens with one attached hydrogen (secondary N) is 1. The van der Waals surface area contributed by atoms with Gasteiger partial charge in [-0.25, -0.2) is 0 Å². The van der Waals surface area contributed by atoms with Crippen LogP contribution < -0.4 is 5.32 Å². The fraction of sp³-hybridized carbons (Fsp3) is 0.857. The molecular formula is C14H25N3O3. The van der Waals surface area contributed by atoms with Crippen LogP contribution in [0.1, 0.15) is 19.8 Å². The highest BCUT2D eigenvalue weighted by atomic mass is 16.5. The first-order valence-corrected chi connectivity index (χ1v) is 7.19. The van der Waals surface area contributed by atoms with E-state index in [1.54, 1.807) is 7.05 Å². The van der Waals surface area contributed by atoms with Gasteiger partial charge in [0.05, 0.1) is 26.2 Å². The summed E-state index contributed by atoms with van der Waals surface area (Å²) in [4.78, 5) is 18.1. The van der Waals surface area contributed by atoms with Crippen LogP contribution in [0.5, 0.6) is 0 Å². The van der Waals surface area contributed by atoms with Crippen LogP contribution >= 0.6 is 0 Å². The minimum Gasteiger partial charge on any atom is -0.469 e. The van der Waals surface area contributed by atoms with E-state index in [0.29, 0.717) is 0 Å². The fourth-order valence-electron chi connectivity index (χ4n) is 2.67. The predicted molar refractivity (Wildman–Crippen MR) is 76.6 cm³/mol. The molecule has 2 fully saturated rings. The van der Waals surface area contributed by atoms with Gasteiger partial charge in [-0.05, 0) is 12.8 Å². The van der Waals surface area contributed by atoms with Crippen molar-refractivity contribution in [3.63, 3.8) is 0 Å². The van der Waals surface area contributed by atoms with Crippen LogP contribution in [0.4, 0.5) is 0 Å². The van der Waals surface area contributed by atoms with E-state index in [-0.39, 0.29) is 17.3 Å². The second-order valence-corrected chi connectivity index (χ2v) is 5.99. The second kappa shape index (κ2) is 6.43. The summed E-state index contributed by atoms with van der Waals surface area (Å²) >= 11 is 0. The van der Waals surface area contributed by atoms with E-state index < -0.39 is 0 Å². The van der Waals surface area contributed by atoms with E-state index in [1.807, 2.05) is 0 Å². The largest absolute Gasteiger partial charge is 0.469 e. The van der Waals surface area contributed by atoms with Crippen molar-refractivity contribution in [1.82, 2.24) is 10.2 Å². The Bertz CT molecular complexity index is 372. The molecule has 0 spiro atoms. The third-order valence-corrected chi connectivity index (χ3v) is 4.12. The molecule has 0 saturated carbocycles. The summed E-state index contributed by atoms with van der Waals surface area (Å²) in [6, 6.07) is 0. The monoisotopic (exact) mass is 283 g/mol. The maximum absolute atomic E-state index is 11.5. The predicted octanol–water partition coefficient (Wildman–Crippen LogP) is 0.483. The van der Waals surface area contributed by atoms with Crippen LogP contribution in [-0.4, -0.2) is 63.8 Å². The van der Waals surface area contributed by atoms with Crippen LogP contribution in [0.25, 0.3) is 0 Å². The van der Waals surface area contributed by atoms with Crippen molar-refractivity contribution in [2.75, 3.05) is 47.0 Å². The summed E-state index contributed by atoms with van der Waals surface area (Å²) in [5.74, 6) is 0.861. The third-order valence-electron chi connectivity index (χ3n) is 4.12. The van der Waals surface area contributed by atoms with Gasteiger partial charge in [0.25, 0.3) is 0 Å². The van der Waals surface area contributed by atoms with Crippen LogP contribution in [0, 0.1) is 11.3 Å². The second-order valence-electron chi connectivity index (χ2n) is 5.99. The van der Waals surface area contributed by atoms with Crippen LogP contribution in [0.2, 0.25) is 0 Å². The highest BCUT2D eigenvalue weighted by molar-refractivity contribution is 5.80. The highest BCUT2D eigenvalue weighted by Crippen LogP contribution is 2.25. The first-order valence-electron chi connectivity index (χ1n) is 7.19. The molecule has 0 aromatic rings. The molecule has 1 N–H and O–H groups in total. The quantitative estimate of drug-likeness (QED) is 0.464. The molecule has 114 valence electrons. The third kappa shape index (κ3) is 3.42. The summed E-state index contributed by atoms with van der Waals surface area (Å²) in [5, 5.41) is 3.42. The van der Waals surface area contributed by atoms with E-state index in [4.69, 9.17) is 9.47 Å². The number of carbonyl (C=O) groups excluding carboxylic acids is 1. The lowest BCUT2D eigenvalue weighted by molar-refractivity contribution is -0.146. The zero-order valence-electron chi connectivity index (χ0n) is 12.6. The van der Waals surface area contributed by atoms with E-state index in [1.165, 1.54) is 7.11 Å². The summed E-state index contributed by atoms with van der Waals surface area (Å²) in [6.45, 7) is 6.37. The Balaban J connectivity index is 1.80. The van der Waals surface area contributed by atoms with Crippen molar-refractivity contribution in [3.05, 3.63) is 0 Å². The van der Waals surface area contributed by atoms with E-state index in [0.717, 1.165) is 51.6 Å². The summed E-state index contributed by atoms with van der Waals surface area (Å²) in [5.41, 5.74) is 0.222. The molecule has 0 amide bonds. The van der Waals surface area contributed by atoms with Crippen molar-refractivity contribution in [2.45, 2.75) is 19.8 Å². The number of nitrogens with zero attached hydrogens (tertiary/aromatic N) is 2. The molecule has 0 bridgehead atoms. The molecular weight excluding hydrogens is 258 g/mol. The van der Waals surface area contributed by atoms with Gasteiger partial charge in [-0.3, -0.25) is 9.79 Å². The molecule has 2 aliphatic heterocycles. The Labute approximate surface area is 120 Å². The van der Waals surface area contributed by atoms with Gasteiger partial charge in [-0.15, -0.1) is 0 Å². The Hall–Kier alpha value is -1.30. The molecule has 2 rings (SSSR count). The average Bonchev–Trinajstić information content (AvgIpc) is 2.46. The number of aliphatic imine (C=N–C) groups is 1. The highest BCUT2D eigenvalue weighted by Gasteiger charge is 2.34.